The van der Waals surface area contributed by atoms with E-state index in [1.54, 1.807) is 24.3 Å². The summed E-state index contributed by atoms with van der Waals surface area (Å²) in [5.74, 6) is 0.780. The summed E-state index contributed by atoms with van der Waals surface area (Å²) in [5.41, 5.74) is 0.370. The van der Waals surface area contributed by atoms with E-state index in [-0.39, 0.29) is 19.0 Å². The monoisotopic (exact) mass is 350 g/mol. The number of halogens is 3. The second kappa shape index (κ2) is 6.89. The van der Waals surface area contributed by atoms with Crippen LogP contribution in [0, 0.1) is 0 Å². The van der Waals surface area contributed by atoms with Crippen LogP contribution in [-0.4, -0.2) is 25.1 Å². The Balaban J connectivity index is 1.68. The van der Waals surface area contributed by atoms with Crippen LogP contribution in [0.3, 0.4) is 0 Å². The first-order valence-corrected chi connectivity index (χ1v) is 7.23. The molecule has 0 aliphatic carbocycles. The Kier molecular flexibility index (Phi) is 4.66. The van der Waals surface area contributed by atoms with Gasteiger partial charge in [-0.05, 0) is 29.8 Å². The van der Waals surface area contributed by atoms with Crippen LogP contribution in [0.4, 0.5) is 13.2 Å². The molecule has 1 N–H and O–H groups in total. The van der Waals surface area contributed by atoms with E-state index in [4.69, 9.17) is 9.84 Å². The SMILES string of the molecule is OCc1cccc(OCc2cn(-c3ccc(C(F)(F)F)cn3)nn2)c1. The summed E-state index contributed by atoms with van der Waals surface area (Å²) >= 11 is 0. The molecule has 3 aromatic rings. The van der Waals surface area contributed by atoms with Crippen molar-refractivity contribution in [3.63, 3.8) is 0 Å². The Hall–Kier alpha value is -2.94. The maximum absolute atomic E-state index is 12.5. The van der Waals surface area contributed by atoms with Gasteiger partial charge in [0, 0.05) is 6.20 Å². The Morgan fingerprint density at radius 3 is 2.68 bits per heavy atom. The molecule has 0 aliphatic rings. The molecule has 0 atom stereocenters. The fraction of sp³-hybridized carbons (Fsp3) is 0.188. The van der Waals surface area contributed by atoms with Gasteiger partial charge in [0.25, 0.3) is 0 Å². The third kappa shape index (κ3) is 4.13. The number of hydrogen-bond acceptors (Lipinski definition) is 5. The second-order valence-electron chi connectivity index (χ2n) is 5.15. The number of rotatable bonds is 5. The van der Waals surface area contributed by atoms with Crippen molar-refractivity contribution in [2.24, 2.45) is 0 Å². The number of benzene rings is 1. The van der Waals surface area contributed by atoms with Crippen LogP contribution >= 0.6 is 0 Å². The van der Waals surface area contributed by atoms with E-state index in [0.29, 0.717) is 11.4 Å². The number of ether oxygens (including phenoxy) is 1. The van der Waals surface area contributed by atoms with Crippen LogP contribution in [0.5, 0.6) is 5.75 Å². The van der Waals surface area contributed by atoms with Gasteiger partial charge in [-0.2, -0.15) is 13.2 Å². The zero-order chi connectivity index (χ0) is 17.9. The van der Waals surface area contributed by atoms with Crippen LogP contribution in [0.1, 0.15) is 16.8 Å². The van der Waals surface area contributed by atoms with Gasteiger partial charge in [-0.3, -0.25) is 0 Å². The summed E-state index contributed by atoms with van der Waals surface area (Å²) in [6.45, 7) is 0.0302. The maximum atomic E-state index is 12.5. The number of nitrogens with zero attached hydrogens (tertiary/aromatic N) is 4. The summed E-state index contributed by atoms with van der Waals surface area (Å²) in [6.07, 6.45) is -2.17. The van der Waals surface area contributed by atoms with Gasteiger partial charge in [-0.25, -0.2) is 9.67 Å². The minimum atomic E-state index is -4.43. The molecule has 0 bridgehead atoms. The van der Waals surface area contributed by atoms with Crippen molar-refractivity contribution in [1.82, 2.24) is 20.0 Å². The smallest absolute Gasteiger partial charge is 0.417 e. The van der Waals surface area contributed by atoms with Crippen molar-refractivity contribution in [1.29, 1.82) is 0 Å². The van der Waals surface area contributed by atoms with Gasteiger partial charge in [-0.15, -0.1) is 5.10 Å². The average Bonchev–Trinajstić information content (AvgIpc) is 3.08. The quantitative estimate of drug-likeness (QED) is 0.766. The normalized spacial score (nSPS) is 11.5. The first kappa shape index (κ1) is 16.9. The number of alkyl halides is 3. The molecule has 0 saturated heterocycles. The number of pyridine rings is 1. The van der Waals surface area contributed by atoms with Gasteiger partial charge in [-0.1, -0.05) is 17.3 Å². The molecule has 3 rings (SSSR count). The van der Waals surface area contributed by atoms with Crippen molar-refractivity contribution in [2.45, 2.75) is 19.4 Å². The van der Waals surface area contributed by atoms with E-state index in [2.05, 4.69) is 15.3 Å². The molecule has 130 valence electrons. The standard InChI is InChI=1S/C16H13F3N4O2/c17-16(18,19)12-4-5-15(20-7-12)23-8-13(21-22-23)10-25-14-3-1-2-11(6-14)9-24/h1-8,24H,9-10H2. The lowest BCUT2D eigenvalue weighted by Crippen LogP contribution is -2.07. The molecular formula is C16H13F3N4O2. The van der Waals surface area contributed by atoms with Crippen molar-refractivity contribution in [3.05, 3.63) is 65.6 Å². The minimum Gasteiger partial charge on any atom is -0.487 e. The molecule has 6 nitrogen and oxygen atoms in total. The summed E-state index contributed by atoms with van der Waals surface area (Å²) in [7, 11) is 0. The lowest BCUT2D eigenvalue weighted by molar-refractivity contribution is -0.137. The lowest BCUT2D eigenvalue weighted by Gasteiger charge is -2.06. The summed E-state index contributed by atoms with van der Waals surface area (Å²) in [4.78, 5) is 3.74. The zero-order valence-electron chi connectivity index (χ0n) is 12.8. The van der Waals surface area contributed by atoms with Crippen molar-refractivity contribution >= 4 is 0 Å². The van der Waals surface area contributed by atoms with E-state index in [1.807, 2.05) is 0 Å². The molecule has 2 aromatic heterocycles. The lowest BCUT2D eigenvalue weighted by atomic mass is 10.2. The molecule has 25 heavy (non-hydrogen) atoms. The van der Waals surface area contributed by atoms with Crippen molar-refractivity contribution in [2.75, 3.05) is 0 Å². The molecule has 0 radical (unpaired) electrons. The van der Waals surface area contributed by atoms with Gasteiger partial charge < -0.3 is 9.84 Å². The van der Waals surface area contributed by atoms with Crippen LogP contribution in [0.2, 0.25) is 0 Å². The highest BCUT2D eigenvalue weighted by atomic mass is 19.4. The second-order valence-corrected chi connectivity index (χ2v) is 5.15. The molecule has 0 amide bonds. The highest BCUT2D eigenvalue weighted by Gasteiger charge is 2.30. The molecule has 2 heterocycles. The number of hydrogen-bond donors (Lipinski definition) is 1. The van der Waals surface area contributed by atoms with Gasteiger partial charge in [0.05, 0.1) is 18.4 Å². The van der Waals surface area contributed by atoms with Crippen LogP contribution in [-0.2, 0) is 19.4 Å². The Morgan fingerprint density at radius 2 is 2.00 bits per heavy atom. The van der Waals surface area contributed by atoms with Crippen LogP contribution in [0.15, 0.2) is 48.8 Å². The van der Waals surface area contributed by atoms with Crippen molar-refractivity contribution < 1.29 is 23.0 Å². The van der Waals surface area contributed by atoms with E-state index >= 15 is 0 Å². The maximum Gasteiger partial charge on any atom is 0.417 e. The van der Waals surface area contributed by atoms with Crippen molar-refractivity contribution in [3.8, 4) is 11.6 Å². The third-order valence-corrected chi connectivity index (χ3v) is 3.32. The van der Waals surface area contributed by atoms with Gasteiger partial charge in [0.2, 0.25) is 0 Å². The Morgan fingerprint density at radius 1 is 1.16 bits per heavy atom. The summed E-state index contributed by atoms with van der Waals surface area (Å²) < 4.78 is 44.4. The third-order valence-electron chi connectivity index (χ3n) is 3.32. The molecule has 9 heteroatoms. The van der Waals surface area contributed by atoms with E-state index < -0.39 is 11.7 Å². The fourth-order valence-electron chi connectivity index (χ4n) is 2.06. The molecule has 0 unspecified atom stereocenters. The van der Waals surface area contributed by atoms with Crippen LogP contribution < -0.4 is 4.74 Å². The predicted molar refractivity (Wildman–Crippen MR) is 80.9 cm³/mol. The number of aromatic nitrogens is 4. The molecule has 0 aliphatic heterocycles. The van der Waals surface area contributed by atoms with Crippen LogP contribution in [0.25, 0.3) is 5.82 Å². The van der Waals surface area contributed by atoms with Gasteiger partial charge >= 0.3 is 6.18 Å². The Labute approximate surface area is 140 Å². The molecule has 0 saturated carbocycles. The fourth-order valence-corrected chi connectivity index (χ4v) is 2.06. The van der Waals surface area contributed by atoms with E-state index in [1.165, 1.54) is 16.9 Å². The minimum absolute atomic E-state index is 0.0903. The highest BCUT2D eigenvalue weighted by Crippen LogP contribution is 2.28. The first-order valence-electron chi connectivity index (χ1n) is 7.23. The van der Waals surface area contributed by atoms with Gasteiger partial charge in [0.1, 0.15) is 18.1 Å². The molecule has 0 spiro atoms. The first-order chi connectivity index (χ1) is 12.0. The Bertz CT molecular complexity index is 847. The van der Waals surface area contributed by atoms with Gasteiger partial charge in [0.15, 0.2) is 5.82 Å². The number of aliphatic hydroxyl groups is 1. The average molecular weight is 350 g/mol. The molecule has 0 fully saturated rings. The number of aliphatic hydroxyl groups excluding tert-OH is 1. The highest BCUT2D eigenvalue weighted by molar-refractivity contribution is 5.28. The largest absolute Gasteiger partial charge is 0.487 e. The molecule has 1 aromatic carbocycles. The topological polar surface area (TPSA) is 73.1 Å². The molecular weight excluding hydrogens is 337 g/mol. The predicted octanol–water partition coefficient (Wildman–Crippen LogP) is 2.75. The zero-order valence-corrected chi connectivity index (χ0v) is 12.8. The van der Waals surface area contributed by atoms with E-state index in [9.17, 15) is 13.2 Å². The van der Waals surface area contributed by atoms with E-state index in [0.717, 1.165) is 17.8 Å². The summed E-state index contributed by atoms with van der Waals surface area (Å²) in [5, 5.41) is 16.8. The summed E-state index contributed by atoms with van der Waals surface area (Å²) in [6, 6.07) is 9.10.